The van der Waals surface area contributed by atoms with Crippen LogP contribution in [-0.4, -0.2) is 48.8 Å². The Hall–Kier alpha value is -1.58. The van der Waals surface area contributed by atoms with Crippen LogP contribution in [0.2, 0.25) is 0 Å². The molecule has 18 heavy (non-hydrogen) atoms. The minimum atomic E-state index is -0.480. The number of carbonyl (C=O) groups is 2. The van der Waals surface area contributed by atoms with E-state index >= 15 is 0 Å². The van der Waals surface area contributed by atoms with Gasteiger partial charge in [-0.3, -0.25) is 9.59 Å². The Labute approximate surface area is 110 Å². The van der Waals surface area contributed by atoms with Crippen molar-refractivity contribution in [1.29, 1.82) is 0 Å². The van der Waals surface area contributed by atoms with Crippen molar-refractivity contribution in [2.45, 2.75) is 32.7 Å². The Balaban J connectivity index is 4.89. The van der Waals surface area contributed by atoms with Crippen LogP contribution in [0.15, 0.2) is 24.3 Å². The number of hydrogen-bond donors (Lipinski definition) is 0. The largest absolute Gasteiger partial charge is 0.347 e. The molecule has 0 rings (SSSR count). The normalized spacial score (nSPS) is 12.3. The predicted molar refractivity (Wildman–Crippen MR) is 74.1 cm³/mol. The van der Waals surface area contributed by atoms with Crippen molar-refractivity contribution < 1.29 is 9.59 Å². The summed E-state index contributed by atoms with van der Waals surface area (Å²) in [4.78, 5) is 26.4. The number of carbonyl (C=O) groups excluding carboxylic acids is 2. The average molecular weight is 252 g/mol. The molecule has 2 amide bonds. The van der Waals surface area contributed by atoms with E-state index in [4.69, 9.17) is 0 Å². The van der Waals surface area contributed by atoms with Gasteiger partial charge in [-0.05, 0) is 6.42 Å². The van der Waals surface area contributed by atoms with Crippen molar-refractivity contribution in [3.8, 4) is 0 Å². The van der Waals surface area contributed by atoms with Crippen molar-refractivity contribution in [3.63, 3.8) is 0 Å². The average Bonchev–Trinajstić information content (AvgIpc) is 2.31. The van der Waals surface area contributed by atoms with Gasteiger partial charge in [-0.25, -0.2) is 0 Å². The molecule has 0 aromatic rings. The van der Waals surface area contributed by atoms with Crippen LogP contribution in [0, 0.1) is 0 Å². The van der Waals surface area contributed by atoms with Gasteiger partial charge in [-0.2, -0.15) is 0 Å². The molecule has 0 aliphatic carbocycles. The molecule has 102 valence electrons. The highest BCUT2D eigenvalue weighted by Gasteiger charge is 2.26. The third-order valence-corrected chi connectivity index (χ3v) is 2.73. The smallest absolute Gasteiger partial charge is 0.245 e. The number of rotatable bonds is 6. The lowest BCUT2D eigenvalue weighted by Crippen LogP contribution is -2.46. The van der Waals surface area contributed by atoms with Crippen molar-refractivity contribution in [2.75, 3.05) is 21.1 Å². The van der Waals surface area contributed by atoms with Gasteiger partial charge in [0, 0.05) is 34.5 Å². The molecular formula is C14H24N2O2. The van der Waals surface area contributed by atoms with Crippen LogP contribution in [0.5, 0.6) is 0 Å². The zero-order chi connectivity index (χ0) is 14.3. The quantitative estimate of drug-likeness (QED) is 0.677. The van der Waals surface area contributed by atoms with Crippen molar-refractivity contribution in [3.05, 3.63) is 24.3 Å². The van der Waals surface area contributed by atoms with Gasteiger partial charge in [-0.15, -0.1) is 0 Å². The molecule has 0 aromatic heterocycles. The van der Waals surface area contributed by atoms with Gasteiger partial charge >= 0.3 is 0 Å². The molecule has 4 heteroatoms. The summed E-state index contributed by atoms with van der Waals surface area (Å²) in [7, 11) is 5.02. The Kier molecular flexibility index (Phi) is 7.01. The van der Waals surface area contributed by atoms with Gasteiger partial charge in [-0.1, -0.05) is 31.2 Å². The van der Waals surface area contributed by atoms with Crippen molar-refractivity contribution in [2.24, 2.45) is 0 Å². The maximum Gasteiger partial charge on any atom is 0.245 e. The van der Waals surface area contributed by atoms with E-state index in [0.29, 0.717) is 6.42 Å². The summed E-state index contributed by atoms with van der Waals surface area (Å²) in [6, 6.07) is -0.480. The third kappa shape index (κ3) is 5.17. The second-order valence-corrected chi connectivity index (χ2v) is 4.55. The minimum Gasteiger partial charge on any atom is -0.347 e. The van der Waals surface area contributed by atoms with Crippen LogP contribution >= 0.6 is 0 Å². The fourth-order valence-corrected chi connectivity index (χ4v) is 1.51. The second-order valence-electron chi connectivity index (χ2n) is 4.55. The Morgan fingerprint density at radius 1 is 1.28 bits per heavy atom. The van der Waals surface area contributed by atoms with Crippen LogP contribution in [0.25, 0.3) is 0 Å². The van der Waals surface area contributed by atoms with E-state index in [2.05, 4.69) is 6.58 Å². The van der Waals surface area contributed by atoms with E-state index in [1.54, 1.807) is 21.1 Å². The van der Waals surface area contributed by atoms with E-state index in [0.717, 1.165) is 12.0 Å². The van der Waals surface area contributed by atoms with Gasteiger partial charge in [0.25, 0.3) is 0 Å². The molecule has 0 fully saturated rings. The molecule has 0 saturated carbocycles. The van der Waals surface area contributed by atoms with E-state index in [1.165, 1.54) is 16.7 Å². The fourth-order valence-electron chi connectivity index (χ4n) is 1.51. The number of amides is 2. The Morgan fingerprint density at radius 2 is 1.83 bits per heavy atom. The molecule has 0 aliphatic rings. The van der Waals surface area contributed by atoms with Crippen LogP contribution in [-0.2, 0) is 9.59 Å². The zero-order valence-electron chi connectivity index (χ0n) is 12.1. The summed E-state index contributed by atoms with van der Waals surface area (Å²) in [6.07, 6.45) is 5.29. The van der Waals surface area contributed by atoms with Gasteiger partial charge in [0.2, 0.25) is 11.8 Å². The van der Waals surface area contributed by atoms with E-state index in [9.17, 15) is 9.59 Å². The Bertz CT molecular complexity index is 346. The summed E-state index contributed by atoms with van der Waals surface area (Å²) >= 11 is 0. The highest BCUT2D eigenvalue weighted by Crippen LogP contribution is 2.13. The molecule has 0 spiro atoms. The lowest BCUT2D eigenvalue weighted by atomic mass is 10.0. The summed E-state index contributed by atoms with van der Waals surface area (Å²) in [5, 5.41) is 0. The standard InChI is InChI=1S/C14H24N2O2/c1-7-8-9-11(2)10-13(14(18)15(4)5)16(6)12(3)17/h8-9,13H,2,7,10H2,1,3-6H3/b9-8-. The lowest BCUT2D eigenvalue weighted by molar-refractivity contribution is -0.141. The van der Waals surface area contributed by atoms with Crippen LogP contribution < -0.4 is 0 Å². The van der Waals surface area contributed by atoms with E-state index < -0.39 is 6.04 Å². The van der Waals surface area contributed by atoms with Crippen molar-refractivity contribution >= 4 is 11.8 Å². The third-order valence-electron chi connectivity index (χ3n) is 2.73. The molecule has 0 heterocycles. The van der Waals surface area contributed by atoms with Crippen LogP contribution in [0.1, 0.15) is 26.7 Å². The molecule has 0 radical (unpaired) electrons. The number of allylic oxidation sites excluding steroid dienone is 2. The first kappa shape index (κ1) is 16.4. The fraction of sp³-hybridized carbons (Fsp3) is 0.571. The monoisotopic (exact) mass is 252 g/mol. The molecule has 0 N–H and O–H groups in total. The molecular weight excluding hydrogens is 228 g/mol. The summed E-state index contributed by atoms with van der Waals surface area (Å²) in [5.74, 6) is -0.207. The Morgan fingerprint density at radius 3 is 2.22 bits per heavy atom. The second kappa shape index (κ2) is 7.69. The number of hydrogen-bond acceptors (Lipinski definition) is 2. The maximum absolute atomic E-state index is 12.1. The first-order valence-corrected chi connectivity index (χ1v) is 6.10. The SMILES string of the molecule is C=C(/C=C\CC)CC(C(=O)N(C)C)N(C)C(C)=O. The molecule has 0 bridgehead atoms. The molecule has 4 nitrogen and oxygen atoms in total. The summed E-state index contributed by atoms with van der Waals surface area (Å²) in [5.41, 5.74) is 0.852. The minimum absolute atomic E-state index is 0.0845. The van der Waals surface area contributed by atoms with Crippen LogP contribution in [0.3, 0.4) is 0 Å². The highest BCUT2D eigenvalue weighted by atomic mass is 16.2. The first-order valence-electron chi connectivity index (χ1n) is 6.10. The lowest BCUT2D eigenvalue weighted by Gasteiger charge is -2.28. The van der Waals surface area contributed by atoms with Crippen LogP contribution in [0.4, 0.5) is 0 Å². The summed E-state index contributed by atoms with van der Waals surface area (Å²) < 4.78 is 0. The highest BCUT2D eigenvalue weighted by molar-refractivity contribution is 5.86. The van der Waals surface area contributed by atoms with Crippen molar-refractivity contribution in [1.82, 2.24) is 9.80 Å². The number of nitrogens with zero attached hydrogens (tertiary/aromatic N) is 2. The van der Waals surface area contributed by atoms with Gasteiger partial charge in [0.05, 0.1) is 0 Å². The molecule has 0 saturated heterocycles. The van der Waals surface area contributed by atoms with Gasteiger partial charge < -0.3 is 9.80 Å². The molecule has 1 atom stereocenters. The van der Waals surface area contributed by atoms with E-state index in [1.807, 2.05) is 19.1 Å². The molecule has 0 aliphatic heterocycles. The summed E-state index contributed by atoms with van der Waals surface area (Å²) in [6.45, 7) is 7.41. The topological polar surface area (TPSA) is 40.6 Å². The predicted octanol–water partition coefficient (Wildman–Crippen LogP) is 1.83. The van der Waals surface area contributed by atoms with Gasteiger partial charge in [0.15, 0.2) is 0 Å². The number of likely N-dealkylation sites (N-methyl/N-ethyl adjacent to an activating group) is 2. The first-order chi connectivity index (χ1) is 8.31. The zero-order valence-corrected chi connectivity index (χ0v) is 12.1. The van der Waals surface area contributed by atoms with Gasteiger partial charge in [0.1, 0.15) is 6.04 Å². The van der Waals surface area contributed by atoms with E-state index in [-0.39, 0.29) is 11.8 Å². The molecule has 0 aromatic carbocycles. The molecule has 1 unspecified atom stereocenters. The maximum atomic E-state index is 12.1.